The molecule has 3 rings (SSSR count). The predicted octanol–water partition coefficient (Wildman–Crippen LogP) is 0.736. The van der Waals surface area contributed by atoms with E-state index in [9.17, 15) is 14.4 Å². The average Bonchev–Trinajstić information content (AvgIpc) is 3.03. The highest BCUT2D eigenvalue weighted by Gasteiger charge is 2.37. The highest BCUT2D eigenvalue weighted by Crippen LogP contribution is 2.20. The topological polar surface area (TPSA) is 79.4 Å². The van der Waals surface area contributed by atoms with Gasteiger partial charge in [-0.05, 0) is 25.0 Å². The maximum atomic E-state index is 12.1. The molecule has 6 nitrogen and oxygen atoms in total. The molecule has 3 amide bonds. The Labute approximate surface area is 116 Å². The molecule has 2 heterocycles. The molecule has 2 aliphatic rings. The molecule has 104 valence electrons. The fraction of sp³-hybridized carbons (Fsp3) is 0.429. The Morgan fingerprint density at radius 3 is 2.75 bits per heavy atom. The Hall–Kier alpha value is -2.24. The van der Waals surface area contributed by atoms with Gasteiger partial charge in [-0.2, -0.15) is 0 Å². The molecule has 1 fully saturated rings. The zero-order chi connectivity index (χ0) is 14.1. The molecule has 20 heavy (non-hydrogen) atoms. The van der Waals surface area contributed by atoms with Crippen LogP contribution in [-0.2, 0) is 4.79 Å². The van der Waals surface area contributed by atoms with Gasteiger partial charge in [0.2, 0.25) is 5.91 Å². The van der Waals surface area contributed by atoms with Crippen molar-refractivity contribution in [2.45, 2.75) is 31.7 Å². The molecule has 1 aromatic rings. The first kappa shape index (κ1) is 12.8. The van der Waals surface area contributed by atoms with Gasteiger partial charge in [0.1, 0.15) is 12.2 Å². The summed E-state index contributed by atoms with van der Waals surface area (Å²) in [5.41, 5.74) is 0.400. The lowest BCUT2D eigenvalue weighted by atomic mass is 10.2. The van der Waals surface area contributed by atoms with Crippen molar-refractivity contribution in [3.8, 4) is 0 Å². The van der Waals surface area contributed by atoms with Gasteiger partial charge in [-0.3, -0.25) is 24.3 Å². The highest BCUT2D eigenvalue weighted by molar-refractivity contribution is 6.21. The van der Waals surface area contributed by atoms with Gasteiger partial charge in [0.05, 0.1) is 5.56 Å². The first-order valence-corrected chi connectivity index (χ1v) is 6.77. The van der Waals surface area contributed by atoms with Gasteiger partial charge in [0, 0.05) is 12.2 Å². The molecule has 1 aromatic heterocycles. The number of carbonyl (C=O) groups excluding carboxylic acids is 3. The van der Waals surface area contributed by atoms with Crippen molar-refractivity contribution >= 4 is 17.7 Å². The molecule has 0 spiro atoms. The van der Waals surface area contributed by atoms with E-state index in [1.54, 1.807) is 12.1 Å². The third-order valence-corrected chi connectivity index (χ3v) is 3.75. The Morgan fingerprint density at radius 2 is 2.05 bits per heavy atom. The Balaban J connectivity index is 1.68. The monoisotopic (exact) mass is 273 g/mol. The summed E-state index contributed by atoms with van der Waals surface area (Å²) in [6, 6.07) is 3.33. The van der Waals surface area contributed by atoms with E-state index in [2.05, 4.69) is 10.3 Å². The number of hydrogen-bond donors (Lipinski definition) is 1. The molecule has 0 atom stereocenters. The fourth-order valence-electron chi connectivity index (χ4n) is 2.74. The number of fused-ring (bicyclic) bond motifs is 1. The summed E-state index contributed by atoms with van der Waals surface area (Å²) < 4.78 is 0. The standard InChI is InChI=1S/C14H15N3O3/c18-11(16-9-4-1-2-5-9)8-17-13(19)10-6-3-7-15-12(10)14(17)20/h3,6-7,9H,1-2,4-5,8H2,(H,16,18). The largest absolute Gasteiger partial charge is 0.352 e. The van der Waals surface area contributed by atoms with Crippen molar-refractivity contribution in [3.05, 3.63) is 29.6 Å². The summed E-state index contributed by atoms with van der Waals surface area (Å²) in [5, 5.41) is 2.87. The number of aromatic nitrogens is 1. The summed E-state index contributed by atoms with van der Waals surface area (Å²) in [4.78, 5) is 40.9. The smallest absolute Gasteiger partial charge is 0.280 e. The molecular weight excluding hydrogens is 258 g/mol. The second-order valence-electron chi connectivity index (χ2n) is 5.14. The zero-order valence-corrected chi connectivity index (χ0v) is 11.0. The van der Waals surface area contributed by atoms with Crippen molar-refractivity contribution in [2.24, 2.45) is 0 Å². The first-order valence-electron chi connectivity index (χ1n) is 6.77. The summed E-state index contributed by atoms with van der Waals surface area (Å²) >= 11 is 0. The van der Waals surface area contributed by atoms with Crippen molar-refractivity contribution in [3.63, 3.8) is 0 Å². The predicted molar refractivity (Wildman–Crippen MR) is 70.0 cm³/mol. The normalized spacial score (nSPS) is 18.5. The molecule has 0 unspecified atom stereocenters. The quantitative estimate of drug-likeness (QED) is 0.824. The SMILES string of the molecule is O=C(CN1C(=O)c2cccnc2C1=O)NC1CCCC1. The van der Waals surface area contributed by atoms with E-state index in [1.807, 2.05) is 0 Å². The third kappa shape index (κ3) is 2.17. The number of nitrogens with zero attached hydrogens (tertiary/aromatic N) is 2. The summed E-state index contributed by atoms with van der Waals surface area (Å²) in [7, 11) is 0. The Bertz CT molecular complexity index is 544. The lowest BCUT2D eigenvalue weighted by Gasteiger charge is -2.16. The second-order valence-corrected chi connectivity index (χ2v) is 5.14. The fourth-order valence-corrected chi connectivity index (χ4v) is 2.74. The van der Waals surface area contributed by atoms with Crippen LogP contribution in [0.15, 0.2) is 18.3 Å². The number of rotatable bonds is 3. The van der Waals surface area contributed by atoms with Crippen molar-refractivity contribution in [2.75, 3.05) is 6.54 Å². The Morgan fingerprint density at radius 1 is 1.30 bits per heavy atom. The second kappa shape index (κ2) is 5.03. The van der Waals surface area contributed by atoms with Crippen molar-refractivity contribution in [1.82, 2.24) is 15.2 Å². The maximum absolute atomic E-state index is 12.1. The van der Waals surface area contributed by atoms with Gasteiger partial charge in [0.15, 0.2) is 0 Å². The first-order chi connectivity index (χ1) is 9.66. The molecule has 6 heteroatoms. The molecule has 0 saturated heterocycles. The lowest BCUT2D eigenvalue weighted by molar-refractivity contribution is -0.122. The van der Waals surface area contributed by atoms with Gasteiger partial charge >= 0.3 is 0 Å². The number of amides is 3. The number of pyridine rings is 1. The minimum atomic E-state index is -0.493. The lowest BCUT2D eigenvalue weighted by Crippen LogP contribution is -2.43. The van der Waals surface area contributed by atoms with Gasteiger partial charge in [-0.25, -0.2) is 0 Å². The molecule has 0 bridgehead atoms. The molecule has 0 aromatic carbocycles. The number of carbonyl (C=O) groups is 3. The van der Waals surface area contributed by atoms with Gasteiger partial charge < -0.3 is 5.32 Å². The third-order valence-electron chi connectivity index (χ3n) is 3.75. The maximum Gasteiger partial charge on any atom is 0.280 e. The number of nitrogens with one attached hydrogen (secondary N) is 1. The van der Waals surface area contributed by atoms with Crippen molar-refractivity contribution < 1.29 is 14.4 Å². The summed E-state index contributed by atoms with van der Waals surface area (Å²) in [6.07, 6.45) is 5.63. The molecule has 1 aliphatic heterocycles. The van der Waals surface area contributed by atoms with E-state index in [0.717, 1.165) is 30.6 Å². The van der Waals surface area contributed by atoms with Crippen molar-refractivity contribution in [1.29, 1.82) is 0 Å². The van der Waals surface area contributed by atoms with E-state index >= 15 is 0 Å². The molecule has 1 N–H and O–H groups in total. The average molecular weight is 273 g/mol. The van der Waals surface area contributed by atoms with E-state index in [4.69, 9.17) is 0 Å². The van der Waals surface area contributed by atoms with Gasteiger partial charge in [-0.15, -0.1) is 0 Å². The number of imide groups is 1. The minimum Gasteiger partial charge on any atom is -0.352 e. The zero-order valence-electron chi connectivity index (χ0n) is 11.0. The van der Waals surface area contributed by atoms with Crippen LogP contribution in [0.2, 0.25) is 0 Å². The minimum absolute atomic E-state index is 0.131. The van der Waals surface area contributed by atoms with Crippen LogP contribution in [0, 0.1) is 0 Å². The highest BCUT2D eigenvalue weighted by atomic mass is 16.2. The molecule has 1 aliphatic carbocycles. The van der Waals surface area contributed by atoms with Gasteiger partial charge in [0.25, 0.3) is 11.8 Å². The summed E-state index contributed by atoms with van der Waals surface area (Å²) in [6.45, 7) is -0.232. The molecule has 0 radical (unpaired) electrons. The van der Waals surface area contributed by atoms with Crippen LogP contribution < -0.4 is 5.32 Å². The van der Waals surface area contributed by atoms with Crippen LogP contribution in [0.3, 0.4) is 0 Å². The van der Waals surface area contributed by atoms with E-state index in [-0.39, 0.29) is 29.8 Å². The molecular formula is C14H15N3O3. The number of hydrogen-bond acceptors (Lipinski definition) is 4. The summed E-state index contributed by atoms with van der Waals surface area (Å²) in [5.74, 6) is -1.22. The van der Waals surface area contributed by atoms with Crippen LogP contribution in [0.1, 0.15) is 46.5 Å². The van der Waals surface area contributed by atoms with E-state index in [1.165, 1.54) is 6.20 Å². The van der Waals surface area contributed by atoms with Crippen LogP contribution in [-0.4, -0.2) is 40.2 Å². The Kier molecular flexibility index (Phi) is 3.22. The molecule has 1 saturated carbocycles. The van der Waals surface area contributed by atoms with Gasteiger partial charge in [-0.1, -0.05) is 12.8 Å². The van der Waals surface area contributed by atoms with Crippen LogP contribution in [0.25, 0.3) is 0 Å². The van der Waals surface area contributed by atoms with E-state index < -0.39 is 11.8 Å². The van der Waals surface area contributed by atoms with Crippen LogP contribution in [0.4, 0.5) is 0 Å². The van der Waals surface area contributed by atoms with E-state index in [0.29, 0.717) is 0 Å². The van der Waals surface area contributed by atoms with Crippen LogP contribution >= 0.6 is 0 Å². The van der Waals surface area contributed by atoms with Crippen LogP contribution in [0.5, 0.6) is 0 Å².